The van der Waals surface area contributed by atoms with E-state index in [4.69, 9.17) is 5.73 Å². The molecule has 7 nitrogen and oxygen atoms in total. The number of carbonyl (C=O) groups excluding carboxylic acids is 1. The van der Waals surface area contributed by atoms with Crippen LogP contribution in [0.15, 0.2) is 35.1 Å². The van der Waals surface area contributed by atoms with Gasteiger partial charge in [0.2, 0.25) is 0 Å². The predicted molar refractivity (Wildman–Crippen MR) is 107 cm³/mol. The molecule has 0 saturated heterocycles. The highest BCUT2D eigenvalue weighted by Gasteiger charge is 2.16. The second-order valence-corrected chi connectivity index (χ2v) is 7.32. The van der Waals surface area contributed by atoms with Crippen LogP contribution >= 0.6 is 15.9 Å². The molecule has 3 rings (SSSR count). The van der Waals surface area contributed by atoms with Gasteiger partial charge in [-0.25, -0.2) is 9.97 Å². The number of nitrogens with one attached hydrogen (secondary N) is 3. The van der Waals surface area contributed by atoms with E-state index < -0.39 is 0 Å². The third-order valence-electron chi connectivity index (χ3n) is 4.48. The molecule has 8 heteroatoms. The summed E-state index contributed by atoms with van der Waals surface area (Å²) in [7, 11) is 0. The normalized spacial score (nSPS) is 15.1. The lowest BCUT2D eigenvalue weighted by Crippen LogP contribution is -2.30. The van der Waals surface area contributed by atoms with E-state index in [0.29, 0.717) is 28.9 Å². The lowest BCUT2D eigenvalue weighted by Gasteiger charge is -2.19. The van der Waals surface area contributed by atoms with Crippen LogP contribution < -0.4 is 21.9 Å². The fraction of sp³-hybridized carbons (Fsp3) is 0.389. The highest BCUT2D eigenvalue weighted by atomic mass is 79.9. The second-order valence-electron chi connectivity index (χ2n) is 6.40. The molecule has 1 saturated carbocycles. The van der Waals surface area contributed by atoms with E-state index >= 15 is 0 Å². The van der Waals surface area contributed by atoms with Crippen LogP contribution in [0.25, 0.3) is 0 Å². The highest BCUT2D eigenvalue weighted by Crippen LogP contribution is 2.26. The number of amides is 1. The van der Waals surface area contributed by atoms with Crippen molar-refractivity contribution in [2.45, 2.75) is 44.6 Å². The van der Waals surface area contributed by atoms with Crippen LogP contribution in [-0.2, 0) is 0 Å². The number of nitrogens with two attached hydrogens (primary N) is 1. The topological polar surface area (TPSA) is 105 Å². The Balaban J connectivity index is 1.63. The van der Waals surface area contributed by atoms with E-state index in [1.807, 2.05) is 12.1 Å². The Bertz CT molecular complexity index is 744. The zero-order valence-corrected chi connectivity index (χ0v) is 16.1. The molecule has 1 fully saturated rings. The zero-order valence-electron chi connectivity index (χ0n) is 14.5. The maximum Gasteiger partial charge on any atom is 0.269 e. The molecule has 1 aromatic heterocycles. The minimum absolute atomic E-state index is 0.270. The molecule has 1 aromatic carbocycles. The summed E-state index contributed by atoms with van der Waals surface area (Å²) in [6, 6.07) is 7.44. The fourth-order valence-corrected chi connectivity index (χ4v) is 3.28. The minimum atomic E-state index is -0.270. The largest absolute Gasteiger partial charge is 0.393 e. The number of hydrogen-bond donors (Lipinski definition) is 4. The SMILES string of the molecule is Nc1c(NNC(=O)c2ccc(Br)cc2)ncnc1NC1CCCCCC1. The van der Waals surface area contributed by atoms with Crippen LogP contribution in [-0.4, -0.2) is 21.9 Å². The Morgan fingerprint density at radius 3 is 2.38 bits per heavy atom. The minimum Gasteiger partial charge on any atom is -0.393 e. The number of benzene rings is 1. The number of anilines is 3. The summed E-state index contributed by atoms with van der Waals surface area (Å²) in [6.07, 6.45) is 8.68. The third-order valence-corrected chi connectivity index (χ3v) is 5.01. The van der Waals surface area contributed by atoms with E-state index in [0.717, 1.165) is 17.3 Å². The van der Waals surface area contributed by atoms with Crippen molar-refractivity contribution in [3.63, 3.8) is 0 Å². The molecule has 0 unspecified atom stereocenters. The Labute approximate surface area is 161 Å². The van der Waals surface area contributed by atoms with Crippen molar-refractivity contribution in [3.05, 3.63) is 40.6 Å². The molecule has 2 aromatic rings. The van der Waals surface area contributed by atoms with Crippen molar-refractivity contribution < 1.29 is 4.79 Å². The molecule has 5 N–H and O–H groups in total. The van der Waals surface area contributed by atoms with Crippen LogP contribution in [0.5, 0.6) is 0 Å². The summed E-state index contributed by atoms with van der Waals surface area (Å²) in [5.74, 6) is 0.711. The average Bonchev–Trinajstić information content (AvgIpc) is 2.91. The lowest BCUT2D eigenvalue weighted by molar-refractivity contribution is 0.0962. The van der Waals surface area contributed by atoms with Gasteiger partial charge in [0.1, 0.15) is 12.0 Å². The van der Waals surface area contributed by atoms with E-state index in [9.17, 15) is 4.79 Å². The van der Waals surface area contributed by atoms with Gasteiger partial charge in [-0.05, 0) is 37.1 Å². The van der Waals surface area contributed by atoms with Crippen LogP contribution in [0, 0.1) is 0 Å². The van der Waals surface area contributed by atoms with Gasteiger partial charge in [0.05, 0.1) is 0 Å². The fourth-order valence-electron chi connectivity index (χ4n) is 3.02. The standard InChI is InChI=1S/C18H23BrN6O/c19-13-9-7-12(8-10-13)18(26)25-24-17-15(20)16(21-11-22-17)23-14-5-3-1-2-4-6-14/h7-11,14H,1-6,20H2,(H,25,26)(H2,21,22,23,24). The molecule has 1 aliphatic carbocycles. The molecule has 1 amide bonds. The maximum absolute atomic E-state index is 12.2. The van der Waals surface area contributed by atoms with Gasteiger partial charge in [-0.3, -0.25) is 15.6 Å². The summed E-state index contributed by atoms with van der Waals surface area (Å²) < 4.78 is 0.913. The molecule has 1 heterocycles. The van der Waals surface area contributed by atoms with Gasteiger partial charge < -0.3 is 11.1 Å². The number of nitrogens with zero attached hydrogens (tertiary/aromatic N) is 2. The van der Waals surface area contributed by atoms with Crippen LogP contribution in [0.1, 0.15) is 48.9 Å². The monoisotopic (exact) mass is 418 g/mol. The first-order valence-electron chi connectivity index (χ1n) is 8.82. The number of halogens is 1. The first-order chi connectivity index (χ1) is 12.6. The van der Waals surface area contributed by atoms with Gasteiger partial charge >= 0.3 is 0 Å². The van der Waals surface area contributed by atoms with Gasteiger partial charge in [-0.2, -0.15) is 0 Å². The molecule has 0 spiro atoms. The Morgan fingerprint density at radius 2 is 1.69 bits per heavy atom. The summed E-state index contributed by atoms with van der Waals surface area (Å²) in [6.45, 7) is 0. The molecule has 1 aliphatic rings. The van der Waals surface area contributed by atoms with Gasteiger partial charge in [0, 0.05) is 16.1 Å². The Morgan fingerprint density at radius 1 is 1.04 bits per heavy atom. The lowest BCUT2D eigenvalue weighted by atomic mass is 10.1. The van der Waals surface area contributed by atoms with Crippen LogP contribution in [0.3, 0.4) is 0 Å². The molecular weight excluding hydrogens is 396 g/mol. The molecule has 0 aliphatic heterocycles. The second kappa shape index (κ2) is 8.84. The van der Waals surface area contributed by atoms with Crippen molar-refractivity contribution in [2.24, 2.45) is 0 Å². The van der Waals surface area contributed by atoms with Crippen LogP contribution in [0.4, 0.5) is 17.3 Å². The summed E-state index contributed by atoms with van der Waals surface area (Å²) in [4.78, 5) is 20.6. The summed E-state index contributed by atoms with van der Waals surface area (Å²) >= 11 is 3.35. The molecular formula is C18H23BrN6O. The number of nitrogen functional groups attached to an aromatic ring is 1. The molecule has 138 valence electrons. The van der Waals surface area contributed by atoms with Gasteiger partial charge in [-0.1, -0.05) is 41.6 Å². The van der Waals surface area contributed by atoms with Crippen molar-refractivity contribution in [1.29, 1.82) is 0 Å². The Hall–Kier alpha value is -2.35. The highest BCUT2D eigenvalue weighted by molar-refractivity contribution is 9.10. The van der Waals surface area contributed by atoms with E-state index in [1.54, 1.807) is 12.1 Å². The van der Waals surface area contributed by atoms with Crippen molar-refractivity contribution in [2.75, 3.05) is 16.5 Å². The van der Waals surface area contributed by atoms with Gasteiger partial charge in [-0.15, -0.1) is 0 Å². The van der Waals surface area contributed by atoms with Crippen molar-refractivity contribution in [1.82, 2.24) is 15.4 Å². The molecule has 0 radical (unpaired) electrons. The Kier molecular flexibility index (Phi) is 6.27. The van der Waals surface area contributed by atoms with E-state index in [-0.39, 0.29) is 5.91 Å². The van der Waals surface area contributed by atoms with E-state index in [1.165, 1.54) is 32.0 Å². The van der Waals surface area contributed by atoms with E-state index in [2.05, 4.69) is 42.1 Å². The zero-order chi connectivity index (χ0) is 18.4. The third kappa shape index (κ3) is 4.85. The first-order valence-corrected chi connectivity index (χ1v) is 9.61. The molecule has 0 bridgehead atoms. The van der Waals surface area contributed by atoms with Gasteiger partial charge in [0.25, 0.3) is 5.91 Å². The smallest absolute Gasteiger partial charge is 0.269 e. The summed E-state index contributed by atoms with van der Waals surface area (Å²) in [5.41, 5.74) is 12.5. The number of rotatable bonds is 5. The predicted octanol–water partition coefficient (Wildman–Crippen LogP) is 3.71. The van der Waals surface area contributed by atoms with Gasteiger partial charge in [0.15, 0.2) is 11.6 Å². The number of carbonyl (C=O) groups is 1. The quantitative estimate of drug-likeness (QED) is 0.435. The number of aromatic nitrogens is 2. The summed E-state index contributed by atoms with van der Waals surface area (Å²) in [5, 5.41) is 3.42. The average molecular weight is 419 g/mol. The first kappa shape index (κ1) is 18.4. The number of hydrogen-bond acceptors (Lipinski definition) is 6. The van der Waals surface area contributed by atoms with Crippen molar-refractivity contribution >= 4 is 39.2 Å². The van der Waals surface area contributed by atoms with Crippen LogP contribution in [0.2, 0.25) is 0 Å². The number of hydrazine groups is 1. The molecule has 0 atom stereocenters. The molecule has 26 heavy (non-hydrogen) atoms. The van der Waals surface area contributed by atoms with Crippen molar-refractivity contribution in [3.8, 4) is 0 Å². The maximum atomic E-state index is 12.2.